The third-order valence-corrected chi connectivity index (χ3v) is 3.58. The smallest absolute Gasteiger partial charge is 0.256 e. The van der Waals surface area contributed by atoms with Crippen LogP contribution in [-0.4, -0.2) is 17.9 Å². The summed E-state index contributed by atoms with van der Waals surface area (Å²) in [6.07, 6.45) is 0. The lowest BCUT2D eigenvalue weighted by Crippen LogP contribution is -2.27. The van der Waals surface area contributed by atoms with E-state index in [0.717, 1.165) is 11.6 Å². The Labute approximate surface area is 132 Å². The van der Waals surface area contributed by atoms with Gasteiger partial charge in [0, 0.05) is 29.3 Å². The zero-order valence-electron chi connectivity index (χ0n) is 11.2. The van der Waals surface area contributed by atoms with Crippen molar-refractivity contribution in [2.45, 2.75) is 6.54 Å². The van der Waals surface area contributed by atoms with E-state index in [1.807, 2.05) is 0 Å². The molecule has 0 bridgehead atoms. The van der Waals surface area contributed by atoms with Crippen LogP contribution in [0.3, 0.4) is 0 Å². The first-order valence-corrected chi connectivity index (χ1v) is 6.88. The van der Waals surface area contributed by atoms with Gasteiger partial charge in [0.1, 0.15) is 5.82 Å². The first-order chi connectivity index (χ1) is 9.88. The molecule has 0 aliphatic rings. The molecular formula is C15H13Cl2FN2O. The minimum Gasteiger partial charge on any atom is -0.399 e. The van der Waals surface area contributed by atoms with Crippen molar-refractivity contribution in [1.82, 2.24) is 4.90 Å². The number of benzene rings is 2. The number of nitrogens with zero attached hydrogens (tertiary/aromatic N) is 1. The maximum absolute atomic E-state index is 13.8. The maximum atomic E-state index is 13.8. The molecule has 0 saturated carbocycles. The topological polar surface area (TPSA) is 46.3 Å². The SMILES string of the molecule is CN(Cc1ccc(Cl)cc1Cl)C(=O)c1ccc(N)cc1F. The van der Waals surface area contributed by atoms with Crippen molar-refractivity contribution in [1.29, 1.82) is 0 Å². The molecule has 0 aliphatic carbocycles. The highest BCUT2D eigenvalue weighted by Crippen LogP contribution is 2.23. The Morgan fingerprint density at radius 1 is 1.24 bits per heavy atom. The normalized spacial score (nSPS) is 10.5. The fourth-order valence-electron chi connectivity index (χ4n) is 1.89. The van der Waals surface area contributed by atoms with E-state index < -0.39 is 11.7 Å². The molecule has 2 aromatic rings. The summed E-state index contributed by atoms with van der Waals surface area (Å²) in [6.45, 7) is 0.249. The lowest BCUT2D eigenvalue weighted by molar-refractivity contribution is 0.0780. The molecule has 0 saturated heterocycles. The van der Waals surface area contributed by atoms with Crippen LogP contribution in [0.15, 0.2) is 36.4 Å². The average Bonchev–Trinajstić information content (AvgIpc) is 2.41. The van der Waals surface area contributed by atoms with E-state index in [-0.39, 0.29) is 17.8 Å². The molecule has 2 N–H and O–H groups in total. The predicted molar refractivity (Wildman–Crippen MR) is 83.1 cm³/mol. The van der Waals surface area contributed by atoms with E-state index in [1.165, 1.54) is 17.0 Å². The minimum atomic E-state index is -0.644. The van der Waals surface area contributed by atoms with Crippen LogP contribution in [0.5, 0.6) is 0 Å². The highest BCUT2D eigenvalue weighted by molar-refractivity contribution is 6.35. The number of amides is 1. The fourth-order valence-corrected chi connectivity index (χ4v) is 2.36. The fraction of sp³-hybridized carbons (Fsp3) is 0.133. The molecule has 0 aromatic heterocycles. The number of halogens is 3. The number of nitrogen functional groups attached to an aromatic ring is 1. The second-order valence-electron chi connectivity index (χ2n) is 4.64. The number of rotatable bonds is 3. The zero-order chi connectivity index (χ0) is 15.6. The van der Waals surface area contributed by atoms with E-state index in [1.54, 1.807) is 25.2 Å². The monoisotopic (exact) mass is 326 g/mol. The Hall–Kier alpha value is -1.78. The number of carbonyl (C=O) groups is 1. The Morgan fingerprint density at radius 2 is 1.95 bits per heavy atom. The maximum Gasteiger partial charge on any atom is 0.256 e. The van der Waals surface area contributed by atoms with Gasteiger partial charge in [-0.1, -0.05) is 29.3 Å². The Kier molecular flexibility index (Phi) is 4.70. The van der Waals surface area contributed by atoms with E-state index in [4.69, 9.17) is 28.9 Å². The molecule has 0 spiro atoms. The second-order valence-corrected chi connectivity index (χ2v) is 5.48. The van der Waals surface area contributed by atoms with Crippen LogP contribution in [-0.2, 0) is 6.54 Å². The number of anilines is 1. The third-order valence-electron chi connectivity index (χ3n) is 2.99. The van der Waals surface area contributed by atoms with Crippen molar-refractivity contribution in [3.63, 3.8) is 0 Å². The van der Waals surface area contributed by atoms with Gasteiger partial charge in [-0.15, -0.1) is 0 Å². The van der Waals surface area contributed by atoms with E-state index in [9.17, 15) is 9.18 Å². The summed E-state index contributed by atoms with van der Waals surface area (Å²) < 4.78 is 13.8. The van der Waals surface area contributed by atoms with Crippen LogP contribution < -0.4 is 5.73 Å². The van der Waals surface area contributed by atoms with Gasteiger partial charge in [0.05, 0.1) is 5.56 Å². The van der Waals surface area contributed by atoms with E-state index in [2.05, 4.69) is 0 Å². The lowest BCUT2D eigenvalue weighted by Gasteiger charge is -2.18. The van der Waals surface area contributed by atoms with Gasteiger partial charge < -0.3 is 10.6 Å². The summed E-state index contributed by atoms with van der Waals surface area (Å²) in [5.41, 5.74) is 6.44. The Balaban J connectivity index is 2.19. The Bertz CT molecular complexity index is 691. The van der Waals surface area contributed by atoms with Crippen LogP contribution in [0.1, 0.15) is 15.9 Å². The minimum absolute atomic E-state index is 0.0308. The van der Waals surface area contributed by atoms with Crippen molar-refractivity contribution in [2.75, 3.05) is 12.8 Å². The summed E-state index contributed by atoms with van der Waals surface area (Å²) in [5.74, 6) is -1.09. The second kappa shape index (κ2) is 6.33. The summed E-state index contributed by atoms with van der Waals surface area (Å²) in [4.78, 5) is 13.6. The predicted octanol–water partition coefficient (Wildman–Crippen LogP) is 3.99. The van der Waals surface area contributed by atoms with Gasteiger partial charge in [-0.05, 0) is 35.9 Å². The number of nitrogens with two attached hydrogens (primary N) is 1. The van der Waals surface area contributed by atoms with Gasteiger partial charge in [-0.25, -0.2) is 4.39 Å². The standard InChI is InChI=1S/C15H13Cl2FN2O/c1-20(8-9-2-3-10(16)6-13(9)17)15(21)12-5-4-11(19)7-14(12)18/h2-7H,8,19H2,1H3. The van der Waals surface area contributed by atoms with Crippen LogP contribution >= 0.6 is 23.2 Å². The molecule has 110 valence electrons. The summed E-state index contributed by atoms with van der Waals surface area (Å²) >= 11 is 11.9. The molecule has 1 amide bonds. The molecule has 6 heteroatoms. The van der Waals surface area contributed by atoms with E-state index in [0.29, 0.717) is 10.0 Å². The third kappa shape index (κ3) is 3.65. The van der Waals surface area contributed by atoms with Gasteiger partial charge in [0.25, 0.3) is 5.91 Å². The first-order valence-electron chi connectivity index (χ1n) is 6.13. The molecule has 0 atom stereocenters. The van der Waals surface area contributed by atoms with Crippen LogP contribution in [0, 0.1) is 5.82 Å². The molecule has 0 heterocycles. The van der Waals surface area contributed by atoms with Crippen molar-refractivity contribution in [3.05, 3.63) is 63.4 Å². The zero-order valence-corrected chi connectivity index (χ0v) is 12.7. The number of carbonyl (C=O) groups excluding carboxylic acids is 1. The van der Waals surface area contributed by atoms with Crippen LogP contribution in [0.25, 0.3) is 0 Å². The molecule has 3 nitrogen and oxygen atoms in total. The summed E-state index contributed by atoms with van der Waals surface area (Å²) in [6, 6.07) is 8.99. The number of hydrogen-bond donors (Lipinski definition) is 1. The Morgan fingerprint density at radius 3 is 2.57 bits per heavy atom. The highest BCUT2D eigenvalue weighted by atomic mass is 35.5. The van der Waals surface area contributed by atoms with Gasteiger partial charge in [-0.2, -0.15) is 0 Å². The molecule has 0 unspecified atom stereocenters. The van der Waals surface area contributed by atoms with Crippen molar-refractivity contribution in [2.24, 2.45) is 0 Å². The molecular weight excluding hydrogens is 314 g/mol. The van der Waals surface area contributed by atoms with Crippen molar-refractivity contribution in [3.8, 4) is 0 Å². The highest BCUT2D eigenvalue weighted by Gasteiger charge is 2.17. The van der Waals surface area contributed by atoms with Gasteiger partial charge >= 0.3 is 0 Å². The number of hydrogen-bond acceptors (Lipinski definition) is 2. The average molecular weight is 327 g/mol. The summed E-state index contributed by atoms with van der Waals surface area (Å²) in [7, 11) is 1.57. The van der Waals surface area contributed by atoms with Gasteiger partial charge in [0.2, 0.25) is 0 Å². The molecule has 2 aromatic carbocycles. The van der Waals surface area contributed by atoms with Crippen molar-refractivity contribution >= 4 is 34.8 Å². The van der Waals surface area contributed by atoms with Gasteiger partial charge in [-0.3, -0.25) is 4.79 Å². The molecule has 0 fully saturated rings. The quantitative estimate of drug-likeness (QED) is 0.867. The van der Waals surface area contributed by atoms with Crippen LogP contribution in [0.2, 0.25) is 10.0 Å². The van der Waals surface area contributed by atoms with E-state index >= 15 is 0 Å². The molecule has 0 radical (unpaired) electrons. The lowest BCUT2D eigenvalue weighted by atomic mass is 10.1. The van der Waals surface area contributed by atoms with Crippen molar-refractivity contribution < 1.29 is 9.18 Å². The summed E-state index contributed by atoms with van der Waals surface area (Å²) in [5, 5.41) is 0.974. The molecule has 0 aliphatic heterocycles. The molecule has 21 heavy (non-hydrogen) atoms. The van der Waals surface area contributed by atoms with Gasteiger partial charge in [0.15, 0.2) is 0 Å². The largest absolute Gasteiger partial charge is 0.399 e. The molecule has 2 rings (SSSR count). The van der Waals surface area contributed by atoms with Crippen LogP contribution in [0.4, 0.5) is 10.1 Å². The first kappa shape index (κ1) is 15.6.